The molecule has 6 heteroatoms. The first-order chi connectivity index (χ1) is 14.4. The van der Waals surface area contributed by atoms with Crippen molar-refractivity contribution in [3.05, 3.63) is 75.5 Å². The lowest BCUT2D eigenvalue weighted by molar-refractivity contribution is -0.121. The number of benzene rings is 2. The lowest BCUT2D eigenvalue weighted by Crippen LogP contribution is -2.39. The summed E-state index contributed by atoms with van der Waals surface area (Å²) in [4.78, 5) is 25.3. The van der Waals surface area contributed by atoms with Crippen LogP contribution in [0.15, 0.2) is 64.3 Å². The number of hydrogen-bond acceptors (Lipinski definition) is 3. The quantitative estimate of drug-likeness (QED) is 0.533. The van der Waals surface area contributed by atoms with Crippen molar-refractivity contribution in [1.82, 2.24) is 5.32 Å². The molecule has 30 heavy (non-hydrogen) atoms. The molecule has 2 amide bonds. The molecule has 1 unspecified atom stereocenters. The average molecular weight is 469 g/mol. The number of halogens is 1. The van der Waals surface area contributed by atoms with Crippen molar-refractivity contribution in [2.24, 2.45) is 0 Å². The summed E-state index contributed by atoms with van der Waals surface area (Å²) in [7, 11) is 0. The topological polar surface area (TPSA) is 78.4 Å². The molecule has 5 nitrogen and oxygen atoms in total. The fourth-order valence-corrected chi connectivity index (χ4v) is 4.64. The summed E-state index contributed by atoms with van der Waals surface area (Å²) in [5.74, 6) is -0.890. The first-order valence-electron chi connectivity index (χ1n) is 10.3. The van der Waals surface area contributed by atoms with Crippen LogP contribution in [0.1, 0.15) is 56.1 Å². The highest BCUT2D eigenvalue weighted by atomic mass is 79.9. The van der Waals surface area contributed by atoms with Gasteiger partial charge in [-0.25, -0.2) is 0 Å². The summed E-state index contributed by atoms with van der Waals surface area (Å²) >= 11 is 3.38. The number of hydrogen-bond donors (Lipinski definition) is 3. The van der Waals surface area contributed by atoms with Gasteiger partial charge in [0.05, 0.1) is 0 Å². The van der Waals surface area contributed by atoms with Crippen LogP contribution in [0.25, 0.3) is 0 Å². The van der Waals surface area contributed by atoms with Crippen molar-refractivity contribution in [3.8, 4) is 0 Å². The van der Waals surface area contributed by atoms with Crippen molar-refractivity contribution in [3.63, 3.8) is 0 Å². The maximum Gasteiger partial charge on any atom is 0.264 e. The molecular weight excluding hydrogens is 444 g/mol. The van der Waals surface area contributed by atoms with Gasteiger partial charge in [0, 0.05) is 10.2 Å². The summed E-state index contributed by atoms with van der Waals surface area (Å²) < 4.78 is 0.886. The Morgan fingerprint density at radius 2 is 1.70 bits per heavy atom. The van der Waals surface area contributed by atoms with E-state index in [1.54, 1.807) is 19.1 Å². The van der Waals surface area contributed by atoms with Gasteiger partial charge >= 0.3 is 0 Å². The fourth-order valence-electron chi connectivity index (χ4n) is 4.38. The van der Waals surface area contributed by atoms with E-state index in [2.05, 4.69) is 26.6 Å². The molecule has 1 aliphatic heterocycles. The molecular formula is C24H25BrN2O3. The Labute approximate surface area is 184 Å². The second-order valence-electron chi connectivity index (χ2n) is 8.22. The predicted molar refractivity (Wildman–Crippen MR) is 120 cm³/mol. The van der Waals surface area contributed by atoms with Gasteiger partial charge in [-0.2, -0.15) is 0 Å². The fraction of sp³-hybridized carbons (Fsp3) is 0.333. The summed E-state index contributed by atoms with van der Waals surface area (Å²) in [6.07, 6.45) is 6.26. The molecule has 2 aliphatic rings. The Morgan fingerprint density at radius 3 is 2.33 bits per heavy atom. The van der Waals surface area contributed by atoms with Gasteiger partial charge < -0.3 is 15.7 Å². The van der Waals surface area contributed by atoms with E-state index in [1.807, 2.05) is 36.4 Å². The zero-order valence-corrected chi connectivity index (χ0v) is 18.5. The van der Waals surface area contributed by atoms with E-state index in [-0.39, 0.29) is 11.3 Å². The SMILES string of the molecule is CC1(c2ccc(Br)cc2)NC(=O)C(C(=O)Nc2ccc(C3CCCCC3)cc2)=C1O. The smallest absolute Gasteiger partial charge is 0.264 e. The Balaban J connectivity index is 1.52. The second kappa shape index (κ2) is 8.26. The van der Waals surface area contributed by atoms with Gasteiger partial charge in [0.2, 0.25) is 0 Å². The minimum atomic E-state index is -1.14. The summed E-state index contributed by atoms with van der Waals surface area (Å²) in [5.41, 5.74) is 1.18. The van der Waals surface area contributed by atoms with Crippen molar-refractivity contribution in [2.75, 3.05) is 5.32 Å². The second-order valence-corrected chi connectivity index (χ2v) is 9.14. The number of carbonyl (C=O) groups excluding carboxylic acids is 2. The Morgan fingerprint density at radius 1 is 1.07 bits per heavy atom. The third-order valence-electron chi connectivity index (χ3n) is 6.19. The van der Waals surface area contributed by atoms with Gasteiger partial charge in [0.25, 0.3) is 11.8 Å². The van der Waals surface area contributed by atoms with E-state index in [0.717, 1.165) is 4.47 Å². The first-order valence-corrected chi connectivity index (χ1v) is 11.1. The van der Waals surface area contributed by atoms with Gasteiger partial charge in [0.15, 0.2) is 0 Å². The molecule has 1 aliphatic carbocycles. The standard InChI is InChI=1S/C24H25BrN2O3/c1-24(17-9-11-18(25)12-10-17)21(28)20(23(30)27-24)22(29)26-19-13-7-16(8-14-19)15-5-3-2-4-6-15/h7-15,28H,2-6H2,1H3,(H,26,29)(H,27,30). The number of rotatable bonds is 4. The first kappa shape index (κ1) is 20.7. The predicted octanol–water partition coefficient (Wildman–Crippen LogP) is 5.29. The Bertz CT molecular complexity index is 992. The molecule has 0 aromatic heterocycles. The largest absolute Gasteiger partial charge is 0.508 e. The number of amides is 2. The minimum absolute atomic E-state index is 0.253. The van der Waals surface area contributed by atoms with E-state index >= 15 is 0 Å². The molecule has 2 aromatic rings. The maximum atomic E-state index is 12.8. The monoisotopic (exact) mass is 468 g/mol. The van der Waals surface area contributed by atoms with Crippen LogP contribution < -0.4 is 10.6 Å². The molecule has 0 bridgehead atoms. The van der Waals surface area contributed by atoms with Crippen LogP contribution in [-0.2, 0) is 15.1 Å². The summed E-state index contributed by atoms with van der Waals surface area (Å²) in [5, 5.41) is 16.3. The molecule has 0 saturated heterocycles. The van der Waals surface area contributed by atoms with Crippen LogP contribution in [0, 0.1) is 0 Å². The van der Waals surface area contributed by atoms with Crippen LogP contribution in [0.4, 0.5) is 5.69 Å². The lowest BCUT2D eigenvalue weighted by Gasteiger charge is -2.25. The van der Waals surface area contributed by atoms with Gasteiger partial charge in [-0.05, 0) is 61.1 Å². The number of aliphatic hydroxyl groups is 1. The Hall–Kier alpha value is -2.60. The zero-order chi connectivity index (χ0) is 21.3. The van der Waals surface area contributed by atoms with E-state index in [9.17, 15) is 14.7 Å². The van der Waals surface area contributed by atoms with E-state index in [0.29, 0.717) is 17.2 Å². The Kier molecular flexibility index (Phi) is 5.69. The van der Waals surface area contributed by atoms with Gasteiger partial charge in [-0.15, -0.1) is 0 Å². The van der Waals surface area contributed by atoms with Crippen LogP contribution in [0.3, 0.4) is 0 Å². The highest BCUT2D eigenvalue weighted by Crippen LogP contribution is 2.36. The molecule has 2 aromatic carbocycles. The minimum Gasteiger partial charge on any atom is -0.508 e. The molecule has 3 N–H and O–H groups in total. The number of anilines is 1. The van der Waals surface area contributed by atoms with Crippen molar-refractivity contribution in [1.29, 1.82) is 0 Å². The van der Waals surface area contributed by atoms with Gasteiger partial charge in [-0.1, -0.05) is 59.5 Å². The van der Waals surface area contributed by atoms with E-state index in [1.165, 1.54) is 37.7 Å². The molecule has 1 heterocycles. The normalized spacial score (nSPS) is 22.1. The average Bonchev–Trinajstić information content (AvgIpc) is 2.98. The summed E-state index contributed by atoms with van der Waals surface area (Å²) in [6.45, 7) is 1.68. The van der Waals surface area contributed by atoms with Crippen LogP contribution in [0.2, 0.25) is 0 Å². The molecule has 0 radical (unpaired) electrons. The number of nitrogens with one attached hydrogen (secondary N) is 2. The lowest BCUT2D eigenvalue weighted by atomic mass is 9.84. The van der Waals surface area contributed by atoms with Crippen LogP contribution in [-0.4, -0.2) is 16.9 Å². The van der Waals surface area contributed by atoms with Crippen molar-refractivity contribution in [2.45, 2.75) is 50.5 Å². The van der Waals surface area contributed by atoms with Crippen molar-refractivity contribution >= 4 is 33.4 Å². The maximum absolute atomic E-state index is 12.8. The molecule has 4 rings (SSSR count). The molecule has 156 valence electrons. The zero-order valence-electron chi connectivity index (χ0n) is 16.9. The summed E-state index contributed by atoms with van der Waals surface area (Å²) in [6, 6.07) is 15.1. The third-order valence-corrected chi connectivity index (χ3v) is 6.72. The molecule has 1 atom stereocenters. The van der Waals surface area contributed by atoms with Crippen LogP contribution >= 0.6 is 15.9 Å². The van der Waals surface area contributed by atoms with Gasteiger partial charge in [-0.3, -0.25) is 9.59 Å². The van der Waals surface area contributed by atoms with Crippen molar-refractivity contribution < 1.29 is 14.7 Å². The van der Waals surface area contributed by atoms with E-state index < -0.39 is 17.4 Å². The molecule has 0 spiro atoms. The highest BCUT2D eigenvalue weighted by molar-refractivity contribution is 9.10. The van der Waals surface area contributed by atoms with E-state index in [4.69, 9.17) is 0 Å². The molecule has 1 saturated carbocycles. The van der Waals surface area contributed by atoms with Gasteiger partial charge in [0.1, 0.15) is 16.9 Å². The van der Waals surface area contributed by atoms with Crippen LogP contribution in [0.5, 0.6) is 0 Å². The molecule has 1 fully saturated rings. The number of carbonyl (C=O) groups is 2. The highest BCUT2D eigenvalue weighted by Gasteiger charge is 2.45. The third kappa shape index (κ3) is 3.88. The number of aliphatic hydroxyl groups excluding tert-OH is 1.